The monoisotopic (exact) mass is 227 g/mol. The smallest absolute Gasteiger partial charge is 0.180 e. The Morgan fingerprint density at radius 2 is 2.13 bits per heavy atom. The highest BCUT2D eigenvalue weighted by atomic mass is 35.5. The van der Waals surface area contributed by atoms with Gasteiger partial charge in [0.25, 0.3) is 0 Å². The number of ketones is 1. The van der Waals surface area contributed by atoms with Gasteiger partial charge in [0.1, 0.15) is 5.75 Å². The summed E-state index contributed by atoms with van der Waals surface area (Å²) >= 11 is 5.99. The Hall–Kier alpha value is -1.06. The molecule has 3 nitrogen and oxygen atoms in total. The number of hydrogen-bond donors (Lipinski definition) is 1. The minimum Gasteiger partial charge on any atom is -0.494 e. The zero-order valence-electron chi connectivity index (χ0n) is 9.06. The van der Waals surface area contributed by atoms with Gasteiger partial charge in [0.15, 0.2) is 5.78 Å². The molecule has 0 radical (unpaired) electrons. The molecule has 15 heavy (non-hydrogen) atoms. The molecule has 0 fully saturated rings. The third-order valence-corrected chi connectivity index (χ3v) is 2.70. The number of ether oxygens (including phenoxy) is 1. The second-order valence-electron chi connectivity index (χ2n) is 3.34. The van der Waals surface area contributed by atoms with E-state index in [4.69, 9.17) is 22.1 Å². The van der Waals surface area contributed by atoms with Crippen LogP contribution in [0.3, 0.4) is 0 Å². The number of halogens is 1. The summed E-state index contributed by atoms with van der Waals surface area (Å²) in [5, 5.41) is 0.442. The van der Waals surface area contributed by atoms with Crippen LogP contribution < -0.4 is 10.5 Å². The summed E-state index contributed by atoms with van der Waals surface area (Å²) < 4.78 is 5.13. The van der Waals surface area contributed by atoms with Crippen LogP contribution in [0.15, 0.2) is 6.07 Å². The predicted octanol–water partition coefficient (Wildman–Crippen LogP) is 2.11. The lowest BCUT2D eigenvalue weighted by Crippen LogP contribution is -2.16. The van der Waals surface area contributed by atoms with Crippen LogP contribution in [-0.4, -0.2) is 19.4 Å². The molecular formula is C11H14ClNO2. The van der Waals surface area contributed by atoms with Crippen LogP contribution in [0.25, 0.3) is 0 Å². The Morgan fingerprint density at radius 1 is 1.53 bits per heavy atom. The zero-order chi connectivity index (χ0) is 11.6. The van der Waals surface area contributed by atoms with Crippen molar-refractivity contribution in [1.29, 1.82) is 0 Å². The van der Waals surface area contributed by atoms with E-state index in [0.717, 1.165) is 11.1 Å². The summed E-state index contributed by atoms with van der Waals surface area (Å²) in [4.78, 5) is 11.7. The molecular weight excluding hydrogens is 214 g/mol. The van der Waals surface area contributed by atoms with Crippen molar-refractivity contribution in [3.63, 3.8) is 0 Å². The third kappa shape index (κ3) is 2.13. The average Bonchev–Trinajstić information content (AvgIpc) is 2.21. The minimum absolute atomic E-state index is 0.0447. The summed E-state index contributed by atoms with van der Waals surface area (Å²) in [5.41, 5.74) is 7.66. The van der Waals surface area contributed by atoms with E-state index in [1.54, 1.807) is 6.07 Å². The van der Waals surface area contributed by atoms with Crippen LogP contribution in [0.5, 0.6) is 5.75 Å². The van der Waals surface area contributed by atoms with E-state index in [-0.39, 0.29) is 12.3 Å². The number of Topliss-reactive ketones (excluding diaryl/α,β-unsaturated/α-hetero) is 1. The molecule has 0 heterocycles. The Balaban J connectivity index is 3.50. The summed E-state index contributed by atoms with van der Waals surface area (Å²) in [7, 11) is 1.49. The molecule has 4 heteroatoms. The van der Waals surface area contributed by atoms with Gasteiger partial charge in [0, 0.05) is 0 Å². The predicted molar refractivity (Wildman–Crippen MR) is 60.9 cm³/mol. The molecule has 0 spiro atoms. The molecule has 82 valence electrons. The van der Waals surface area contributed by atoms with E-state index in [9.17, 15) is 4.79 Å². The van der Waals surface area contributed by atoms with Crippen LogP contribution in [0, 0.1) is 13.8 Å². The molecule has 0 aliphatic heterocycles. The van der Waals surface area contributed by atoms with Crippen molar-refractivity contribution in [1.82, 2.24) is 0 Å². The molecule has 1 aromatic rings. The van der Waals surface area contributed by atoms with Gasteiger partial charge in [-0.3, -0.25) is 4.79 Å². The molecule has 0 unspecified atom stereocenters. The molecule has 0 amide bonds. The fourth-order valence-electron chi connectivity index (χ4n) is 1.49. The number of hydrogen-bond acceptors (Lipinski definition) is 3. The molecule has 2 N–H and O–H groups in total. The number of aryl methyl sites for hydroxylation is 1. The molecule has 0 bridgehead atoms. The van der Waals surface area contributed by atoms with Crippen molar-refractivity contribution < 1.29 is 9.53 Å². The number of nitrogens with two attached hydrogens (primary N) is 1. The molecule has 0 saturated carbocycles. The summed E-state index contributed by atoms with van der Waals surface area (Å²) in [5.74, 6) is 0.255. The van der Waals surface area contributed by atoms with Gasteiger partial charge in [-0.15, -0.1) is 0 Å². The molecule has 1 rings (SSSR count). The molecule has 0 aromatic heterocycles. The summed E-state index contributed by atoms with van der Waals surface area (Å²) in [6, 6.07) is 1.78. The molecule has 0 aliphatic carbocycles. The summed E-state index contributed by atoms with van der Waals surface area (Å²) in [6.07, 6.45) is 0. The van der Waals surface area contributed by atoms with Crippen molar-refractivity contribution in [3.8, 4) is 5.75 Å². The van der Waals surface area contributed by atoms with Gasteiger partial charge >= 0.3 is 0 Å². The average molecular weight is 228 g/mol. The van der Waals surface area contributed by atoms with Crippen molar-refractivity contribution >= 4 is 17.4 Å². The van der Waals surface area contributed by atoms with Crippen molar-refractivity contribution in [2.45, 2.75) is 13.8 Å². The molecule has 0 saturated heterocycles. The topological polar surface area (TPSA) is 52.3 Å². The Bertz CT molecular complexity index is 402. The van der Waals surface area contributed by atoms with Crippen molar-refractivity contribution in [2.24, 2.45) is 5.73 Å². The standard InChI is InChI=1S/C11H14ClNO2/c1-6-4-8(12)11(15-3)10(7(6)2)9(14)5-13/h4H,5,13H2,1-3H3. The quantitative estimate of drug-likeness (QED) is 0.805. The van der Waals surface area contributed by atoms with Gasteiger partial charge in [0.05, 0.1) is 24.2 Å². The molecule has 1 aromatic carbocycles. The zero-order valence-corrected chi connectivity index (χ0v) is 9.81. The van der Waals surface area contributed by atoms with E-state index in [2.05, 4.69) is 0 Å². The van der Waals surface area contributed by atoms with Gasteiger partial charge in [-0.1, -0.05) is 11.6 Å². The van der Waals surface area contributed by atoms with E-state index in [1.807, 2.05) is 13.8 Å². The number of carbonyl (C=O) groups excluding carboxylic acids is 1. The largest absolute Gasteiger partial charge is 0.494 e. The normalized spacial score (nSPS) is 10.2. The Morgan fingerprint density at radius 3 is 2.60 bits per heavy atom. The first-order valence-electron chi connectivity index (χ1n) is 4.59. The maximum absolute atomic E-state index is 11.7. The highest BCUT2D eigenvalue weighted by Crippen LogP contribution is 2.33. The number of rotatable bonds is 3. The highest BCUT2D eigenvalue weighted by molar-refractivity contribution is 6.33. The lowest BCUT2D eigenvalue weighted by atomic mass is 9.99. The van der Waals surface area contributed by atoms with Crippen LogP contribution in [-0.2, 0) is 0 Å². The van der Waals surface area contributed by atoms with Crippen LogP contribution in [0.4, 0.5) is 0 Å². The second kappa shape index (κ2) is 4.64. The Kier molecular flexibility index (Phi) is 3.72. The maximum Gasteiger partial charge on any atom is 0.180 e. The Labute approximate surface area is 94.2 Å². The second-order valence-corrected chi connectivity index (χ2v) is 3.74. The fraction of sp³-hybridized carbons (Fsp3) is 0.364. The third-order valence-electron chi connectivity index (χ3n) is 2.42. The number of methoxy groups -OCH3 is 1. The van der Waals surface area contributed by atoms with E-state index in [0.29, 0.717) is 16.3 Å². The molecule has 0 atom stereocenters. The minimum atomic E-state index is -0.157. The number of benzene rings is 1. The van der Waals surface area contributed by atoms with Gasteiger partial charge in [-0.25, -0.2) is 0 Å². The van der Waals surface area contributed by atoms with Crippen LogP contribution in [0.1, 0.15) is 21.5 Å². The van der Waals surface area contributed by atoms with Crippen molar-refractivity contribution in [2.75, 3.05) is 13.7 Å². The first-order valence-corrected chi connectivity index (χ1v) is 4.97. The maximum atomic E-state index is 11.7. The van der Waals surface area contributed by atoms with Gasteiger partial charge in [-0.2, -0.15) is 0 Å². The van der Waals surface area contributed by atoms with E-state index in [1.165, 1.54) is 7.11 Å². The van der Waals surface area contributed by atoms with Gasteiger partial charge in [0.2, 0.25) is 0 Å². The first-order chi connectivity index (χ1) is 7.02. The van der Waals surface area contributed by atoms with Gasteiger partial charge in [-0.05, 0) is 31.0 Å². The van der Waals surface area contributed by atoms with Crippen LogP contribution in [0.2, 0.25) is 5.02 Å². The first kappa shape index (κ1) is 12.0. The number of carbonyl (C=O) groups is 1. The van der Waals surface area contributed by atoms with E-state index < -0.39 is 0 Å². The van der Waals surface area contributed by atoms with Crippen LogP contribution >= 0.6 is 11.6 Å². The lowest BCUT2D eigenvalue weighted by Gasteiger charge is -2.13. The fourth-order valence-corrected chi connectivity index (χ4v) is 1.82. The summed E-state index contributed by atoms with van der Waals surface area (Å²) in [6.45, 7) is 3.71. The SMILES string of the molecule is COc1c(Cl)cc(C)c(C)c1C(=O)CN. The van der Waals surface area contributed by atoms with Crippen molar-refractivity contribution in [3.05, 3.63) is 27.8 Å². The van der Waals surface area contributed by atoms with Gasteiger partial charge < -0.3 is 10.5 Å². The van der Waals surface area contributed by atoms with E-state index >= 15 is 0 Å². The highest BCUT2D eigenvalue weighted by Gasteiger charge is 2.18. The molecule has 0 aliphatic rings. The lowest BCUT2D eigenvalue weighted by molar-refractivity contribution is 0.0998.